The molecule has 2 heterocycles. The quantitative estimate of drug-likeness (QED) is 0.881. The fraction of sp³-hybridized carbons (Fsp3) is 0.278. The molecule has 2 aromatic carbocycles. The first-order valence-corrected chi connectivity index (χ1v) is 7.65. The summed E-state index contributed by atoms with van der Waals surface area (Å²) in [4.78, 5) is 12.8. The van der Waals surface area contributed by atoms with E-state index in [1.165, 1.54) is 6.07 Å². The Balaban J connectivity index is 1.63. The fourth-order valence-corrected chi connectivity index (χ4v) is 3.06. The van der Waals surface area contributed by atoms with E-state index in [4.69, 9.17) is 14.2 Å². The molecular formula is C18H16O6. The van der Waals surface area contributed by atoms with Crippen molar-refractivity contribution < 1.29 is 29.2 Å². The first-order chi connectivity index (χ1) is 11.5. The molecule has 2 aliphatic rings. The smallest absolute Gasteiger partial charge is 0.231 e. The van der Waals surface area contributed by atoms with Crippen LogP contribution >= 0.6 is 0 Å². The lowest BCUT2D eigenvalue weighted by molar-refractivity contribution is 0.0825. The number of phenols is 2. The predicted octanol–water partition coefficient (Wildman–Crippen LogP) is 2.57. The van der Waals surface area contributed by atoms with Gasteiger partial charge < -0.3 is 24.4 Å². The zero-order chi connectivity index (χ0) is 16.8. The largest absolute Gasteiger partial charge is 0.507 e. The highest BCUT2D eigenvalue weighted by molar-refractivity contribution is 6.04. The number of ether oxygens (including phenoxy) is 3. The minimum Gasteiger partial charge on any atom is -0.507 e. The Morgan fingerprint density at radius 2 is 1.88 bits per heavy atom. The summed E-state index contributed by atoms with van der Waals surface area (Å²) >= 11 is 0. The summed E-state index contributed by atoms with van der Waals surface area (Å²) in [7, 11) is 0. The molecule has 0 aliphatic carbocycles. The van der Waals surface area contributed by atoms with Crippen molar-refractivity contribution in [2.24, 2.45) is 5.92 Å². The van der Waals surface area contributed by atoms with E-state index in [0.717, 1.165) is 5.56 Å². The number of hydrogen-bond acceptors (Lipinski definition) is 6. The Kier molecular flexibility index (Phi) is 3.26. The number of ketones is 1. The second kappa shape index (κ2) is 5.33. The van der Waals surface area contributed by atoms with Crippen molar-refractivity contribution in [2.75, 3.05) is 13.4 Å². The lowest BCUT2D eigenvalue weighted by Crippen LogP contribution is -2.29. The van der Waals surface area contributed by atoms with Gasteiger partial charge in [0.1, 0.15) is 22.8 Å². The van der Waals surface area contributed by atoms with Crippen LogP contribution in [0.4, 0.5) is 0 Å². The van der Waals surface area contributed by atoms with Crippen molar-refractivity contribution in [3.63, 3.8) is 0 Å². The second-order valence-electron chi connectivity index (χ2n) is 6.01. The maximum absolute atomic E-state index is 12.8. The van der Waals surface area contributed by atoms with Crippen LogP contribution in [0.25, 0.3) is 0 Å². The lowest BCUT2D eigenvalue weighted by Gasteiger charge is -2.25. The van der Waals surface area contributed by atoms with Crippen molar-refractivity contribution in [2.45, 2.75) is 13.3 Å². The van der Waals surface area contributed by atoms with Crippen LogP contribution in [0.5, 0.6) is 28.7 Å². The molecule has 0 bridgehead atoms. The van der Waals surface area contributed by atoms with Crippen LogP contribution in [-0.4, -0.2) is 29.4 Å². The Labute approximate surface area is 138 Å². The Morgan fingerprint density at radius 3 is 2.71 bits per heavy atom. The van der Waals surface area contributed by atoms with Gasteiger partial charge in [0.2, 0.25) is 6.79 Å². The summed E-state index contributed by atoms with van der Waals surface area (Å²) in [6.07, 6.45) is 0.467. The molecule has 2 N–H and O–H groups in total. The summed E-state index contributed by atoms with van der Waals surface area (Å²) in [6, 6.07) is 6.93. The van der Waals surface area contributed by atoms with E-state index in [9.17, 15) is 15.0 Å². The zero-order valence-corrected chi connectivity index (χ0v) is 13.0. The molecule has 0 saturated carbocycles. The van der Waals surface area contributed by atoms with E-state index >= 15 is 0 Å². The molecule has 0 spiro atoms. The number of aromatic hydroxyl groups is 2. The van der Waals surface area contributed by atoms with E-state index in [0.29, 0.717) is 17.9 Å². The maximum Gasteiger partial charge on any atom is 0.231 e. The molecular weight excluding hydrogens is 312 g/mol. The van der Waals surface area contributed by atoms with Gasteiger partial charge >= 0.3 is 0 Å². The minimum absolute atomic E-state index is 0.0896. The number of rotatable bonds is 2. The minimum atomic E-state index is -0.410. The van der Waals surface area contributed by atoms with Crippen LogP contribution in [0.15, 0.2) is 24.3 Å². The van der Waals surface area contributed by atoms with Gasteiger partial charge in [-0.2, -0.15) is 0 Å². The number of Topliss-reactive ketones (excluding diaryl/α,β-unsaturated/α-hetero) is 1. The van der Waals surface area contributed by atoms with Crippen LogP contribution < -0.4 is 14.2 Å². The van der Waals surface area contributed by atoms with Gasteiger partial charge in [-0.25, -0.2) is 0 Å². The zero-order valence-electron chi connectivity index (χ0n) is 13.0. The first kappa shape index (κ1) is 14.7. The predicted molar refractivity (Wildman–Crippen MR) is 84.1 cm³/mol. The number of fused-ring (bicyclic) bond motifs is 2. The molecule has 0 amide bonds. The SMILES string of the molecule is Cc1c(O)cc2c(c1O)C(=O)[C@@H](Cc1ccc3c(c1)OCO3)CO2. The molecule has 1 atom stereocenters. The van der Waals surface area contributed by atoms with Crippen molar-refractivity contribution in [3.05, 3.63) is 41.0 Å². The summed E-state index contributed by atoms with van der Waals surface area (Å²) in [5, 5.41) is 20.0. The van der Waals surface area contributed by atoms with E-state index in [-0.39, 0.29) is 47.6 Å². The third-order valence-corrected chi connectivity index (χ3v) is 4.47. The van der Waals surface area contributed by atoms with Gasteiger partial charge in [0, 0.05) is 11.6 Å². The van der Waals surface area contributed by atoms with Gasteiger partial charge in [-0.3, -0.25) is 4.79 Å². The maximum atomic E-state index is 12.8. The normalized spacial score (nSPS) is 18.2. The molecule has 4 rings (SSSR count). The third-order valence-electron chi connectivity index (χ3n) is 4.47. The highest BCUT2D eigenvalue weighted by Gasteiger charge is 2.33. The van der Waals surface area contributed by atoms with E-state index in [2.05, 4.69) is 0 Å². The molecule has 0 fully saturated rings. The summed E-state index contributed by atoms with van der Waals surface area (Å²) < 4.78 is 16.2. The molecule has 0 saturated heterocycles. The Hall–Kier alpha value is -2.89. The van der Waals surface area contributed by atoms with Crippen molar-refractivity contribution in [3.8, 4) is 28.7 Å². The molecule has 6 heteroatoms. The monoisotopic (exact) mass is 328 g/mol. The highest BCUT2D eigenvalue weighted by atomic mass is 16.7. The van der Waals surface area contributed by atoms with Crippen molar-refractivity contribution in [1.82, 2.24) is 0 Å². The molecule has 124 valence electrons. The number of carbonyl (C=O) groups excluding carboxylic acids is 1. The summed E-state index contributed by atoms with van der Waals surface area (Å²) in [5.41, 5.74) is 1.34. The molecule has 0 radical (unpaired) electrons. The van der Waals surface area contributed by atoms with Gasteiger partial charge in [0.05, 0.1) is 12.5 Å². The van der Waals surface area contributed by atoms with Crippen LogP contribution in [0, 0.1) is 12.8 Å². The lowest BCUT2D eigenvalue weighted by atomic mass is 9.88. The molecule has 0 unspecified atom stereocenters. The van der Waals surface area contributed by atoms with E-state index < -0.39 is 5.92 Å². The van der Waals surface area contributed by atoms with Crippen LogP contribution in [0.1, 0.15) is 21.5 Å². The summed E-state index contributed by atoms with van der Waals surface area (Å²) in [6.45, 7) is 1.95. The van der Waals surface area contributed by atoms with Crippen LogP contribution in [-0.2, 0) is 6.42 Å². The number of phenolic OH excluding ortho intramolecular Hbond substituents is 2. The standard InChI is InChI=1S/C18H16O6/c1-9-12(19)6-15-16(17(9)20)18(21)11(7-22-15)4-10-2-3-13-14(5-10)24-8-23-13/h2-3,5-6,11,19-20H,4,7-8H2,1H3/t11-/m0/s1. The molecule has 0 aromatic heterocycles. The Morgan fingerprint density at radius 1 is 1.08 bits per heavy atom. The van der Waals surface area contributed by atoms with Gasteiger partial charge in [0.25, 0.3) is 0 Å². The molecule has 2 aromatic rings. The third kappa shape index (κ3) is 2.22. The van der Waals surface area contributed by atoms with Crippen LogP contribution in [0.3, 0.4) is 0 Å². The van der Waals surface area contributed by atoms with Gasteiger partial charge in [-0.15, -0.1) is 0 Å². The molecule has 24 heavy (non-hydrogen) atoms. The highest BCUT2D eigenvalue weighted by Crippen LogP contribution is 2.42. The number of carbonyl (C=O) groups is 1. The second-order valence-corrected chi connectivity index (χ2v) is 6.01. The van der Waals surface area contributed by atoms with Crippen molar-refractivity contribution >= 4 is 5.78 Å². The van der Waals surface area contributed by atoms with Gasteiger partial charge in [0.15, 0.2) is 17.3 Å². The molecule has 6 nitrogen and oxygen atoms in total. The number of hydrogen-bond donors (Lipinski definition) is 2. The topological polar surface area (TPSA) is 85.2 Å². The van der Waals surface area contributed by atoms with Gasteiger partial charge in [-0.1, -0.05) is 6.07 Å². The average Bonchev–Trinajstić information content (AvgIpc) is 3.03. The Bertz CT molecular complexity index is 842. The van der Waals surface area contributed by atoms with Gasteiger partial charge in [-0.05, 0) is 31.0 Å². The fourth-order valence-electron chi connectivity index (χ4n) is 3.06. The average molecular weight is 328 g/mol. The molecule has 2 aliphatic heterocycles. The van der Waals surface area contributed by atoms with E-state index in [1.807, 2.05) is 18.2 Å². The van der Waals surface area contributed by atoms with Crippen LogP contribution in [0.2, 0.25) is 0 Å². The number of benzene rings is 2. The summed E-state index contributed by atoms with van der Waals surface area (Å²) in [5.74, 6) is 0.683. The first-order valence-electron chi connectivity index (χ1n) is 7.65. The van der Waals surface area contributed by atoms with E-state index in [1.54, 1.807) is 6.92 Å². The van der Waals surface area contributed by atoms with Crippen molar-refractivity contribution in [1.29, 1.82) is 0 Å².